The van der Waals surface area contributed by atoms with E-state index in [1.807, 2.05) is 49.2 Å². The van der Waals surface area contributed by atoms with Crippen LogP contribution in [0.3, 0.4) is 0 Å². The Morgan fingerprint density at radius 1 is 1.12 bits per heavy atom. The number of aromatic hydroxyl groups is 1. The first-order valence-corrected chi connectivity index (χ1v) is 8.26. The number of hydrogen-bond donors (Lipinski definition) is 1. The Labute approximate surface area is 150 Å². The molecule has 132 valence electrons. The third-order valence-corrected chi connectivity index (χ3v) is 4.42. The Bertz CT molecular complexity index is 1110. The number of phenolic OH excluding ortho intramolecular Hbond substituents is 1. The van der Waals surface area contributed by atoms with Gasteiger partial charge < -0.3 is 14.7 Å². The van der Waals surface area contributed by atoms with Crippen molar-refractivity contribution in [2.45, 2.75) is 13.5 Å². The van der Waals surface area contributed by atoms with E-state index in [4.69, 9.17) is 9.84 Å². The molecular formula is C19H19N5O2. The summed E-state index contributed by atoms with van der Waals surface area (Å²) in [4.78, 5) is 2.04. The van der Waals surface area contributed by atoms with Crippen molar-refractivity contribution < 1.29 is 9.84 Å². The number of methoxy groups -OCH3 is 1. The maximum absolute atomic E-state index is 10.0. The molecule has 0 aliphatic carbocycles. The number of anilines is 1. The number of aryl methyl sites for hydroxylation is 1. The zero-order valence-electron chi connectivity index (χ0n) is 14.8. The number of nitrogens with zero attached hydrogens (tertiary/aromatic N) is 5. The molecule has 4 aromatic rings. The highest BCUT2D eigenvalue weighted by Gasteiger charge is 2.15. The van der Waals surface area contributed by atoms with Crippen molar-refractivity contribution in [2.75, 3.05) is 19.1 Å². The first-order chi connectivity index (χ1) is 12.6. The van der Waals surface area contributed by atoms with E-state index in [-0.39, 0.29) is 5.75 Å². The lowest BCUT2D eigenvalue weighted by molar-refractivity contribution is 0.373. The van der Waals surface area contributed by atoms with Crippen molar-refractivity contribution in [1.29, 1.82) is 0 Å². The van der Waals surface area contributed by atoms with Crippen LogP contribution in [0.4, 0.5) is 5.82 Å². The van der Waals surface area contributed by atoms with Gasteiger partial charge in [0, 0.05) is 24.4 Å². The summed E-state index contributed by atoms with van der Waals surface area (Å²) in [6, 6.07) is 13.4. The van der Waals surface area contributed by atoms with E-state index in [1.165, 1.54) is 7.11 Å². The van der Waals surface area contributed by atoms with Gasteiger partial charge in [-0.2, -0.15) is 4.52 Å². The van der Waals surface area contributed by atoms with Gasteiger partial charge in [0.25, 0.3) is 0 Å². The molecule has 0 aliphatic heterocycles. The van der Waals surface area contributed by atoms with Gasteiger partial charge in [-0.3, -0.25) is 0 Å². The molecule has 7 nitrogen and oxygen atoms in total. The molecule has 0 bridgehead atoms. The molecule has 0 unspecified atom stereocenters. The van der Waals surface area contributed by atoms with Crippen LogP contribution in [0.1, 0.15) is 11.4 Å². The Morgan fingerprint density at radius 3 is 2.62 bits per heavy atom. The molecule has 0 radical (unpaired) electrons. The van der Waals surface area contributed by atoms with Crippen molar-refractivity contribution >= 4 is 22.2 Å². The van der Waals surface area contributed by atoms with Crippen molar-refractivity contribution in [3.05, 3.63) is 53.9 Å². The van der Waals surface area contributed by atoms with Gasteiger partial charge in [-0.25, -0.2) is 0 Å². The quantitative estimate of drug-likeness (QED) is 0.610. The summed E-state index contributed by atoms with van der Waals surface area (Å²) in [5.41, 5.74) is 1.70. The predicted molar refractivity (Wildman–Crippen MR) is 99.8 cm³/mol. The highest BCUT2D eigenvalue weighted by Crippen LogP contribution is 2.30. The van der Waals surface area contributed by atoms with Gasteiger partial charge in [0.05, 0.1) is 7.11 Å². The second-order valence-electron chi connectivity index (χ2n) is 6.21. The normalized spacial score (nSPS) is 11.2. The second-order valence-corrected chi connectivity index (χ2v) is 6.21. The first kappa shape index (κ1) is 16.1. The Kier molecular flexibility index (Phi) is 3.84. The van der Waals surface area contributed by atoms with Gasteiger partial charge in [0.1, 0.15) is 0 Å². The number of phenols is 1. The predicted octanol–water partition coefficient (Wildman–Crippen LogP) is 2.94. The Morgan fingerprint density at radius 2 is 1.88 bits per heavy atom. The van der Waals surface area contributed by atoms with Crippen LogP contribution in [-0.2, 0) is 6.54 Å². The van der Waals surface area contributed by atoms with E-state index in [2.05, 4.69) is 10.2 Å². The lowest BCUT2D eigenvalue weighted by Gasteiger charge is -2.20. The number of aromatic nitrogens is 4. The molecule has 1 N–H and O–H groups in total. The minimum absolute atomic E-state index is 0.126. The molecule has 7 heteroatoms. The molecular weight excluding hydrogens is 330 g/mol. The largest absolute Gasteiger partial charge is 0.504 e. The zero-order valence-corrected chi connectivity index (χ0v) is 14.8. The molecule has 2 aromatic carbocycles. The minimum Gasteiger partial charge on any atom is -0.504 e. The maximum atomic E-state index is 10.0. The molecule has 0 atom stereocenters. The Hall–Kier alpha value is -3.35. The summed E-state index contributed by atoms with van der Waals surface area (Å²) < 4.78 is 6.87. The van der Waals surface area contributed by atoms with Gasteiger partial charge in [0.2, 0.25) is 0 Å². The fourth-order valence-corrected chi connectivity index (χ4v) is 3.13. The second kappa shape index (κ2) is 6.18. The molecule has 0 aliphatic rings. The third kappa shape index (κ3) is 2.57. The monoisotopic (exact) mass is 349 g/mol. The summed E-state index contributed by atoms with van der Waals surface area (Å²) in [7, 11) is 3.51. The van der Waals surface area contributed by atoms with Crippen molar-refractivity contribution in [2.24, 2.45) is 0 Å². The average molecular weight is 349 g/mol. The summed E-state index contributed by atoms with van der Waals surface area (Å²) in [6.07, 6.45) is 0. The molecule has 0 amide bonds. The van der Waals surface area contributed by atoms with Gasteiger partial charge in [0.15, 0.2) is 28.8 Å². The van der Waals surface area contributed by atoms with Crippen LogP contribution >= 0.6 is 0 Å². The summed E-state index contributed by atoms with van der Waals surface area (Å²) >= 11 is 0. The van der Waals surface area contributed by atoms with E-state index < -0.39 is 0 Å². The number of benzene rings is 2. The van der Waals surface area contributed by atoms with Crippen molar-refractivity contribution in [3.8, 4) is 11.5 Å². The van der Waals surface area contributed by atoms with Crippen LogP contribution in [-0.4, -0.2) is 39.1 Å². The van der Waals surface area contributed by atoms with Crippen LogP contribution in [0, 0.1) is 6.92 Å². The molecule has 4 rings (SSSR count). The van der Waals surface area contributed by atoms with Crippen molar-refractivity contribution in [3.63, 3.8) is 0 Å². The van der Waals surface area contributed by atoms with Gasteiger partial charge in [-0.1, -0.05) is 30.3 Å². The summed E-state index contributed by atoms with van der Waals surface area (Å²) in [5.74, 6) is 2.15. The molecule has 2 heterocycles. The van der Waals surface area contributed by atoms with Crippen LogP contribution in [0.15, 0.2) is 42.5 Å². The molecule has 2 aromatic heterocycles. The average Bonchev–Trinajstić information content (AvgIpc) is 3.02. The zero-order chi connectivity index (χ0) is 18.3. The summed E-state index contributed by atoms with van der Waals surface area (Å²) in [6.45, 7) is 2.47. The number of rotatable bonds is 4. The van der Waals surface area contributed by atoms with Crippen LogP contribution in [0.5, 0.6) is 11.5 Å². The van der Waals surface area contributed by atoms with E-state index in [1.54, 1.807) is 16.6 Å². The third-order valence-electron chi connectivity index (χ3n) is 4.42. The maximum Gasteiger partial charge on any atom is 0.185 e. The van der Waals surface area contributed by atoms with Gasteiger partial charge in [-0.15, -0.1) is 15.3 Å². The molecule has 26 heavy (non-hydrogen) atoms. The van der Waals surface area contributed by atoms with E-state index in [0.29, 0.717) is 12.3 Å². The molecule has 0 fully saturated rings. The SMILES string of the molecule is COc1ccc(CN(C)c2nn3c(C)nnc3c3ccccc23)cc1O. The lowest BCUT2D eigenvalue weighted by atomic mass is 10.1. The number of fused-ring (bicyclic) bond motifs is 3. The van der Waals surface area contributed by atoms with Crippen LogP contribution in [0.25, 0.3) is 16.4 Å². The number of ether oxygens (including phenoxy) is 1. The smallest absolute Gasteiger partial charge is 0.185 e. The molecule has 0 spiro atoms. The van der Waals surface area contributed by atoms with E-state index >= 15 is 0 Å². The van der Waals surface area contributed by atoms with Crippen molar-refractivity contribution in [1.82, 2.24) is 19.8 Å². The van der Waals surface area contributed by atoms with E-state index in [0.717, 1.165) is 33.6 Å². The topological polar surface area (TPSA) is 75.8 Å². The fourth-order valence-electron chi connectivity index (χ4n) is 3.13. The van der Waals surface area contributed by atoms with Crippen LogP contribution < -0.4 is 9.64 Å². The first-order valence-electron chi connectivity index (χ1n) is 8.26. The highest BCUT2D eigenvalue weighted by atomic mass is 16.5. The van der Waals surface area contributed by atoms with Gasteiger partial charge in [-0.05, 0) is 24.6 Å². The highest BCUT2D eigenvalue weighted by molar-refractivity contribution is 6.00. The molecule has 0 saturated heterocycles. The van der Waals surface area contributed by atoms with E-state index in [9.17, 15) is 5.11 Å². The fraction of sp³-hybridized carbons (Fsp3) is 0.211. The standard InChI is InChI=1S/C19H19N5O2/c1-12-20-21-18-14-6-4-5-7-15(14)19(22-24(12)18)23(2)11-13-8-9-17(26-3)16(25)10-13/h4-10,25H,11H2,1-3H3. The minimum atomic E-state index is 0.126. The summed E-state index contributed by atoms with van der Waals surface area (Å²) in [5, 5.41) is 25.2. The number of hydrogen-bond acceptors (Lipinski definition) is 6. The molecule has 0 saturated carbocycles. The Balaban J connectivity index is 1.79. The van der Waals surface area contributed by atoms with Crippen LogP contribution in [0.2, 0.25) is 0 Å². The van der Waals surface area contributed by atoms with Gasteiger partial charge >= 0.3 is 0 Å². The lowest BCUT2D eigenvalue weighted by Crippen LogP contribution is -2.19.